The maximum atomic E-state index is 8.81. The van der Waals surface area contributed by atoms with E-state index in [4.69, 9.17) is 10.4 Å². The van der Waals surface area contributed by atoms with Gasteiger partial charge in [0.15, 0.2) is 0 Å². The van der Waals surface area contributed by atoms with Crippen LogP contribution >= 0.6 is 0 Å². The molecule has 0 aromatic heterocycles. The molecular formula is C12H9NO. The number of allylic oxidation sites excluding steroid dienone is 1. The van der Waals surface area contributed by atoms with Gasteiger partial charge in [-0.2, -0.15) is 5.26 Å². The molecule has 1 rings (SSSR count). The number of aliphatic hydroxyl groups is 1. The van der Waals surface area contributed by atoms with Crippen molar-refractivity contribution in [1.29, 1.82) is 5.26 Å². The molecule has 2 nitrogen and oxygen atoms in total. The summed E-state index contributed by atoms with van der Waals surface area (Å²) < 4.78 is 0. The third kappa shape index (κ3) is 3.15. The zero-order chi connectivity index (χ0) is 10.2. The molecule has 0 aliphatic carbocycles. The molecule has 0 radical (unpaired) electrons. The largest absolute Gasteiger partial charge is 0.391 e. The summed E-state index contributed by atoms with van der Waals surface area (Å²) in [6.45, 7) is -0.201. The van der Waals surface area contributed by atoms with Crippen molar-refractivity contribution in [3.8, 4) is 17.9 Å². The van der Waals surface area contributed by atoms with Gasteiger partial charge in [-0.05, 0) is 12.1 Å². The van der Waals surface area contributed by atoms with Crippen molar-refractivity contribution in [3.63, 3.8) is 0 Å². The van der Waals surface area contributed by atoms with Crippen molar-refractivity contribution in [2.45, 2.75) is 0 Å². The maximum Gasteiger partial charge on any atom is 0.0922 e. The summed E-state index contributed by atoms with van der Waals surface area (Å²) in [4.78, 5) is 0. The highest BCUT2D eigenvalue weighted by Gasteiger charge is 1.87. The lowest BCUT2D eigenvalue weighted by Crippen LogP contribution is -1.85. The van der Waals surface area contributed by atoms with Crippen LogP contribution in [-0.2, 0) is 0 Å². The van der Waals surface area contributed by atoms with Gasteiger partial charge in [0, 0.05) is 17.2 Å². The minimum atomic E-state index is -0.201. The van der Waals surface area contributed by atoms with E-state index in [1.807, 2.05) is 36.4 Å². The lowest BCUT2D eigenvalue weighted by atomic mass is 10.2. The van der Waals surface area contributed by atoms with Gasteiger partial charge in [-0.25, -0.2) is 0 Å². The van der Waals surface area contributed by atoms with Crippen LogP contribution in [0.4, 0.5) is 0 Å². The Kier molecular flexibility index (Phi) is 4.01. The molecule has 0 spiro atoms. The van der Waals surface area contributed by atoms with Gasteiger partial charge >= 0.3 is 0 Å². The van der Waals surface area contributed by atoms with Gasteiger partial charge in [0.05, 0.1) is 12.7 Å². The Morgan fingerprint density at radius 2 is 2.07 bits per heavy atom. The molecular weight excluding hydrogens is 174 g/mol. The Morgan fingerprint density at radius 3 is 2.64 bits per heavy atom. The van der Waals surface area contributed by atoms with Gasteiger partial charge in [-0.1, -0.05) is 30.0 Å². The number of aliphatic hydroxyl groups excluding tert-OH is 1. The fraction of sp³-hybridized carbons (Fsp3) is 0.0833. The van der Waals surface area contributed by atoms with E-state index in [1.165, 1.54) is 6.08 Å². The van der Waals surface area contributed by atoms with E-state index in [0.717, 1.165) is 5.56 Å². The lowest BCUT2D eigenvalue weighted by Gasteiger charge is -1.88. The molecule has 0 amide bonds. The van der Waals surface area contributed by atoms with Crippen LogP contribution in [0.15, 0.2) is 42.0 Å². The summed E-state index contributed by atoms with van der Waals surface area (Å²) in [5.74, 6) is 5.58. The summed E-state index contributed by atoms with van der Waals surface area (Å²) in [6.07, 6.45) is 1.25. The van der Waals surface area contributed by atoms with Crippen molar-refractivity contribution in [2.24, 2.45) is 0 Å². The summed E-state index contributed by atoms with van der Waals surface area (Å²) in [5.41, 5.74) is 1.29. The van der Waals surface area contributed by atoms with E-state index in [1.54, 1.807) is 0 Å². The SMILES string of the molecule is N#C/C=C(\C#Cc1ccccc1)CO. The van der Waals surface area contributed by atoms with Crippen molar-refractivity contribution in [1.82, 2.24) is 0 Å². The van der Waals surface area contributed by atoms with Crippen LogP contribution in [0.1, 0.15) is 5.56 Å². The van der Waals surface area contributed by atoms with Crippen LogP contribution < -0.4 is 0 Å². The molecule has 0 aliphatic heterocycles. The summed E-state index contributed by atoms with van der Waals surface area (Å²) >= 11 is 0. The second kappa shape index (κ2) is 5.59. The van der Waals surface area contributed by atoms with E-state index in [0.29, 0.717) is 5.57 Å². The molecule has 14 heavy (non-hydrogen) atoms. The molecule has 2 heteroatoms. The van der Waals surface area contributed by atoms with Crippen molar-refractivity contribution in [3.05, 3.63) is 47.5 Å². The third-order valence-corrected chi connectivity index (χ3v) is 1.55. The first-order valence-corrected chi connectivity index (χ1v) is 4.13. The molecule has 0 saturated carbocycles. The molecule has 68 valence electrons. The molecule has 0 fully saturated rings. The van der Waals surface area contributed by atoms with Crippen LogP contribution in [0, 0.1) is 23.2 Å². The number of rotatable bonds is 1. The Morgan fingerprint density at radius 1 is 1.36 bits per heavy atom. The van der Waals surface area contributed by atoms with Crippen LogP contribution in [0.2, 0.25) is 0 Å². The quantitative estimate of drug-likeness (QED) is 0.529. The highest BCUT2D eigenvalue weighted by atomic mass is 16.3. The van der Waals surface area contributed by atoms with Crippen molar-refractivity contribution in [2.75, 3.05) is 6.61 Å². The number of hydrogen-bond donors (Lipinski definition) is 1. The summed E-state index contributed by atoms with van der Waals surface area (Å²) in [5, 5.41) is 17.2. The summed E-state index contributed by atoms with van der Waals surface area (Å²) in [6, 6.07) is 11.2. The van der Waals surface area contributed by atoms with E-state index in [9.17, 15) is 0 Å². The van der Waals surface area contributed by atoms with Crippen molar-refractivity contribution < 1.29 is 5.11 Å². The maximum absolute atomic E-state index is 8.81. The van der Waals surface area contributed by atoms with Gasteiger partial charge < -0.3 is 5.11 Å². The molecule has 1 aromatic rings. The predicted molar refractivity (Wildman–Crippen MR) is 54.1 cm³/mol. The minimum Gasteiger partial charge on any atom is -0.391 e. The van der Waals surface area contributed by atoms with Gasteiger partial charge in [0.2, 0.25) is 0 Å². The Labute approximate surface area is 83.1 Å². The molecule has 0 saturated heterocycles. The first-order valence-electron chi connectivity index (χ1n) is 4.13. The average Bonchev–Trinajstić information content (AvgIpc) is 2.25. The van der Waals surface area contributed by atoms with E-state index < -0.39 is 0 Å². The second-order valence-electron chi connectivity index (χ2n) is 2.57. The topological polar surface area (TPSA) is 44.0 Å². The predicted octanol–water partition coefficient (Wildman–Crippen LogP) is 1.48. The number of hydrogen-bond acceptors (Lipinski definition) is 2. The normalized spacial score (nSPS) is 9.86. The fourth-order valence-corrected chi connectivity index (χ4v) is 0.873. The standard InChI is InChI=1S/C12H9NO/c13-9-8-12(10-14)7-6-11-4-2-1-3-5-11/h1-5,8,14H,10H2/b12-8+. The monoisotopic (exact) mass is 183 g/mol. The fourth-order valence-electron chi connectivity index (χ4n) is 0.873. The first-order chi connectivity index (χ1) is 6.86. The first kappa shape index (κ1) is 10.1. The second-order valence-corrected chi connectivity index (χ2v) is 2.57. The molecule has 1 aromatic carbocycles. The smallest absolute Gasteiger partial charge is 0.0922 e. The Balaban J connectivity index is 2.83. The van der Waals surface area contributed by atoms with Gasteiger partial charge in [-0.15, -0.1) is 0 Å². The van der Waals surface area contributed by atoms with E-state index in [-0.39, 0.29) is 6.61 Å². The molecule has 0 heterocycles. The number of nitrogens with zero attached hydrogens (tertiary/aromatic N) is 1. The Bertz CT molecular complexity index is 415. The Hall–Kier alpha value is -2.03. The molecule has 0 unspecified atom stereocenters. The van der Waals surface area contributed by atoms with E-state index >= 15 is 0 Å². The third-order valence-electron chi connectivity index (χ3n) is 1.55. The lowest BCUT2D eigenvalue weighted by molar-refractivity contribution is 0.336. The van der Waals surface area contributed by atoms with Gasteiger partial charge in [0.1, 0.15) is 0 Å². The van der Waals surface area contributed by atoms with Gasteiger partial charge in [0.25, 0.3) is 0 Å². The van der Waals surface area contributed by atoms with E-state index in [2.05, 4.69) is 11.8 Å². The number of benzene rings is 1. The zero-order valence-electron chi connectivity index (χ0n) is 7.57. The molecule has 1 N–H and O–H groups in total. The highest BCUT2D eigenvalue weighted by molar-refractivity contribution is 5.41. The van der Waals surface area contributed by atoms with Crippen LogP contribution in [0.3, 0.4) is 0 Å². The van der Waals surface area contributed by atoms with Crippen LogP contribution in [-0.4, -0.2) is 11.7 Å². The van der Waals surface area contributed by atoms with Crippen LogP contribution in [0.25, 0.3) is 0 Å². The molecule has 0 atom stereocenters. The zero-order valence-corrected chi connectivity index (χ0v) is 7.57. The molecule has 0 aliphatic rings. The minimum absolute atomic E-state index is 0.201. The number of nitriles is 1. The van der Waals surface area contributed by atoms with Crippen LogP contribution in [0.5, 0.6) is 0 Å². The average molecular weight is 183 g/mol. The van der Waals surface area contributed by atoms with Gasteiger partial charge in [-0.3, -0.25) is 0 Å². The summed E-state index contributed by atoms with van der Waals surface area (Å²) in [7, 11) is 0. The van der Waals surface area contributed by atoms with Crippen molar-refractivity contribution >= 4 is 0 Å². The highest BCUT2D eigenvalue weighted by Crippen LogP contribution is 1.96. The molecule has 0 bridgehead atoms.